The third kappa shape index (κ3) is 4.06. The standard InChI is InChI=1S/C6H6F6I2O/c1-3(13,5(7,8)9)15-4(2,14)6(10,11)12/h1-2H3. The van der Waals surface area contributed by atoms with E-state index < -0.39 is 19.6 Å². The minimum absolute atomic E-state index is 0.538. The first kappa shape index (κ1) is 16.0. The molecule has 0 aromatic rings. The molecular formula is C6H6F6I2O. The topological polar surface area (TPSA) is 9.23 Å². The SMILES string of the molecule is CC(I)(OC(C)(I)C(F)(F)F)C(F)(F)F. The van der Waals surface area contributed by atoms with Crippen LogP contribution in [0.2, 0.25) is 0 Å². The van der Waals surface area contributed by atoms with E-state index in [2.05, 4.69) is 4.74 Å². The summed E-state index contributed by atoms with van der Waals surface area (Å²) in [6.07, 6.45) is -9.74. The molecule has 15 heavy (non-hydrogen) atoms. The average Bonchev–Trinajstić information content (AvgIpc) is 1.77. The fourth-order valence-corrected chi connectivity index (χ4v) is 1.78. The smallest absolute Gasteiger partial charge is 0.329 e. The summed E-state index contributed by atoms with van der Waals surface area (Å²) in [5.41, 5.74) is 0. The number of ether oxygens (including phenoxy) is 1. The quantitative estimate of drug-likeness (QED) is 0.336. The van der Waals surface area contributed by atoms with Gasteiger partial charge in [-0.2, -0.15) is 26.3 Å². The van der Waals surface area contributed by atoms with Crippen LogP contribution in [-0.4, -0.2) is 19.6 Å². The van der Waals surface area contributed by atoms with Gasteiger partial charge in [0, 0.05) is 0 Å². The van der Waals surface area contributed by atoms with Crippen LogP contribution in [0.15, 0.2) is 0 Å². The molecule has 0 heterocycles. The van der Waals surface area contributed by atoms with Crippen LogP contribution in [0, 0.1) is 0 Å². The summed E-state index contributed by atoms with van der Waals surface area (Å²) in [4.78, 5) is 0. The first-order valence-corrected chi connectivity index (χ1v) is 5.58. The Balaban J connectivity index is 4.89. The van der Waals surface area contributed by atoms with Gasteiger partial charge >= 0.3 is 12.4 Å². The Labute approximate surface area is 109 Å². The molecule has 1 nitrogen and oxygen atoms in total. The van der Waals surface area contributed by atoms with Gasteiger partial charge in [0.25, 0.3) is 0 Å². The maximum absolute atomic E-state index is 12.2. The van der Waals surface area contributed by atoms with Crippen molar-refractivity contribution in [1.82, 2.24) is 0 Å². The molecule has 0 aliphatic heterocycles. The van der Waals surface area contributed by atoms with Crippen molar-refractivity contribution < 1.29 is 31.1 Å². The third-order valence-corrected chi connectivity index (χ3v) is 3.06. The Morgan fingerprint density at radius 3 is 1.07 bits per heavy atom. The molecule has 0 aromatic carbocycles. The molecule has 2 unspecified atom stereocenters. The number of alkyl halides is 8. The molecule has 0 saturated carbocycles. The maximum atomic E-state index is 12.2. The zero-order valence-corrected chi connectivity index (χ0v) is 11.7. The van der Waals surface area contributed by atoms with Gasteiger partial charge < -0.3 is 4.74 Å². The van der Waals surface area contributed by atoms with Gasteiger partial charge in [0.2, 0.25) is 7.22 Å². The molecule has 0 radical (unpaired) electrons. The Bertz CT molecular complexity index is 207. The molecule has 9 heteroatoms. The fourth-order valence-electron chi connectivity index (χ4n) is 0.476. The molecule has 0 amide bonds. The lowest BCUT2D eigenvalue weighted by Gasteiger charge is -2.35. The van der Waals surface area contributed by atoms with E-state index >= 15 is 0 Å². The lowest BCUT2D eigenvalue weighted by Crippen LogP contribution is -2.49. The first-order chi connectivity index (χ1) is 6.21. The maximum Gasteiger partial charge on any atom is 0.426 e. The van der Waals surface area contributed by atoms with E-state index in [0.717, 1.165) is 45.2 Å². The molecule has 0 spiro atoms. The summed E-state index contributed by atoms with van der Waals surface area (Å²) in [5.74, 6) is 0. The fraction of sp³-hybridized carbons (Fsp3) is 1.00. The zero-order valence-electron chi connectivity index (χ0n) is 7.43. The second-order valence-corrected chi connectivity index (χ2v) is 7.05. The largest absolute Gasteiger partial charge is 0.426 e. The van der Waals surface area contributed by atoms with Crippen LogP contribution >= 0.6 is 45.2 Å². The highest BCUT2D eigenvalue weighted by molar-refractivity contribution is 14.1. The number of halogens is 8. The van der Waals surface area contributed by atoms with E-state index in [0.29, 0.717) is 13.8 Å². The van der Waals surface area contributed by atoms with Crippen LogP contribution in [0.1, 0.15) is 13.8 Å². The first-order valence-electron chi connectivity index (χ1n) is 3.42. The van der Waals surface area contributed by atoms with Crippen LogP contribution < -0.4 is 0 Å². The zero-order chi connectivity index (χ0) is 12.7. The van der Waals surface area contributed by atoms with Crippen molar-refractivity contribution >= 4 is 45.2 Å². The van der Waals surface area contributed by atoms with Crippen LogP contribution in [-0.2, 0) is 4.74 Å². The second kappa shape index (κ2) is 4.35. The number of rotatable bonds is 2. The van der Waals surface area contributed by atoms with E-state index in [1.807, 2.05) is 0 Å². The van der Waals surface area contributed by atoms with Crippen LogP contribution in [0.4, 0.5) is 26.3 Å². The molecule has 2 atom stereocenters. The van der Waals surface area contributed by atoms with Crippen LogP contribution in [0.5, 0.6) is 0 Å². The van der Waals surface area contributed by atoms with Gasteiger partial charge in [-0.05, 0) is 59.0 Å². The minimum atomic E-state index is -4.87. The van der Waals surface area contributed by atoms with Crippen molar-refractivity contribution in [2.24, 2.45) is 0 Å². The predicted molar refractivity (Wildman–Crippen MR) is 58.0 cm³/mol. The van der Waals surface area contributed by atoms with Gasteiger partial charge in [0.05, 0.1) is 0 Å². The Morgan fingerprint density at radius 1 is 0.733 bits per heavy atom. The lowest BCUT2D eigenvalue weighted by atomic mass is 10.3. The third-order valence-electron chi connectivity index (χ3n) is 1.40. The van der Waals surface area contributed by atoms with Gasteiger partial charge in [-0.1, -0.05) is 0 Å². The van der Waals surface area contributed by atoms with Gasteiger partial charge in [-0.3, -0.25) is 0 Å². The van der Waals surface area contributed by atoms with Crippen molar-refractivity contribution in [3.63, 3.8) is 0 Å². The Kier molecular flexibility index (Phi) is 4.64. The molecule has 0 fully saturated rings. The summed E-state index contributed by atoms with van der Waals surface area (Å²) < 4.78 is 71.8. The molecule has 0 saturated heterocycles. The molecular weight excluding hydrogens is 456 g/mol. The minimum Gasteiger partial charge on any atom is -0.329 e. The summed E-state index contributed by atoms with van der Waals surface area (Å²) >= 11 is 1.59. The second-order valence-electron chi connectivity index (χ2n) is 2.93. The highest BCUT2D eigenvalue weighted by Gasteiger charge is 2.60. The van der Waals surface area contributed by atoms with Crippen molar-refractivity contribution in [2.45, 2.75) is 33.4 Å². The van der Waals surface area contributed by atoms with E-state index in [1.54, 1.807) is 0 Å². The molecule has 92 valence electrons. The molecule has 0 aliphatic carbocycles. The van der Waals surface area contributed by atoms with Gasteiger partial charge in [0.1, 0.15) is 0 Å². The summed E-state index contributed by atoms with van der Waals surface area (Å²) in [7, 11) is 0. The van der Waals surface area contributed by atoms with Gasteiger partial charge in [-0.25, -0.2) is 0 Å². The highest BCUT2D eigenvalue weighted by Crippen LogP contribution is 2.48. The van der Waals surface area contributed by atoms with E-state index in [-0.39, 0.29) is 0 Å². The monoisotopic (exact) mass is 462 g/mol. The van der Waals surface area contributed by atoms with E-state index in [1.165, 1.54) is 0 Å². The van der Waals surface area contributed by atoms with Crippen molar-refractivity contribution in [1.29, 1.82) is 0 Å². The Morgan fingerprint density at radius 2 is 0.933 bits per heavy atom. The van der Waals surface area contributed by atoms with Gasteiger partial charge in [0.15, 0.2) is 0 Å². The summed E-state index contributed by atoms with van der Waals surface area (Å²) in [6, 6.07) is 0. The average molecular weight is 462 g/mol. The van der Waals surface area contributed by atoms with E-state index in [9.17, 15) is 26.3 Å². The summed E-state index contributed by atoms with van der Waals surface area (Å²) in [5, 5.41) is 0. The van der Waals surface area contributed by atoms with Crippen molar-refractivity contribution in [3.05, 3.63) is 0 Å². The van der Waals surface area contributed by atoms with Gasteiger partial charge in [-0.15, -0.1) is 0 Å². The van der Waals surface area contributed by atoms with Crippen LogP contribution in [0.25, 0.3) is 0 Å². The number of hydrogen-bond donors (Lipinski definition) is 0. The highest BCUT2D eigenvalue weighted by atomic mass is 127. The van der Waals surface area contributed by atoms with Crippen molar-refractivity contribution in [2.75, 3.05) is 0 Å². The Hall–Kier alpha value is 1.000. The van der Waals surface area contributed by atoms with Crippen LogP contribution in [0.3, 0.4) is 0 Å². The molecule has 0 N–H and O–H groups in total. The van der Waals surface area contributed by atoms with E-state index in [4.69, 9.17) is 0 Å². The lowest BCUT2D eigenvalue weighted by molar-refractivity contribution is -0.289. The summed E-state index contributed by atoms with van der Waals surface area (Å²) in [6.45, 7) is 1.08. The molecule has 0 bridgehead atoms. The number of hydrogen-bond acceptors (Lipinski definition) is 1. The molecule has 0 rings (SSSR count). The van der Waals surface area contributed by atoms with Crippen molar-refractivity contribution in [3.8, 4) is 0 Å². The predicted octanol–water partition coefficient (Wildman–Crippen LogP) is 4.43. The normalized spacial score (nSPS) is 22.0. The molecule has 0 aromatic heterocycles. The molecule has 0 aliphatic rings.